The highest BCUT2D eigenvalue weighted by Crippen LogP contribution is 2.31. The van der Waals surface area contributed by atoms with Gasteiger partial charge in [0.15, 0.2) is 0 Å². The minimum atomic E-state index is 0.173. The molecule has 0 bridgehead atoms. The standard InChI is InChI=1S/C17H24N2O/c1-2-12-3-6-16(11-12)18-14-7-9-15(10-8-14)19-17(20)13-4-5-13/h7-10,12-13,16,18H,2-6,11H2,1H3,(H,19,20). The average molecular weight is 272 g/mol. The van der Waals surface area contributed by atoms with Crippen molar-refractivity contribution in [2.75, 3.05) is 10.6 Å². The third-order valence-electron chi connectivity index (χ3n) is 4.59. The first-order chi connectivity index (χ1) is 9.74. The maximum absolute atomic E-state index is 11.7. The number of amides is 1. The molecule has 3 nitrogen and oxygen atoms in total. The Labute approximate surface area is 121 Å². The van der Waals surface area contributed by atoms with Crippen molar-refractivity contribution in [1.82, 2.24) is 0 Å². The average Bonchev–Trinajstić information content (AvgIpc) is 3.22. The first-order valence-electron chi connectivity index (χ1n) is 7.92. The monoisotopic (exact) mass is 272 g/mol. The number of carbonyl (C=O) groups excluding carboxylic acids is 1. The summed E-state index contributed by atoms with van der Waals surface area (Å²) in [6.07, 6.45) is 7.31. The molecule has 0 radical (unpaired) electrons. The third-order valence-corrected chi connectivity index (χ3v) is 4.59. The minimum absolute atomic E-state index is 0.173. The highest BCUT2D eigenvalue weighted by molar-refractivity contribution is 5.94. The Morgan fingerprint density at radius 2 is 1.80 bits per heavy atom. The van der Waals surface area contributed by atoms with Crippen LogP contribution in [0.15, 0.2) is 24.3 Å². The minimum Gasteiger partial charge on any atom is -0.382 e. The van der Waals surface area contributed by atoms with Crippen LogP contribution in [0.3, 0.4) is 0 Å². The second-order valence-electron chi connectivity index (χ2n) is 6.27. The predicted octanol–water partition coefficient (Wildman–Crippen LogP) is 4.03. The molecule has 0 spiro atoms. The molecule has 1 aromatic rings. The summed E-state index contributed by atoms with van der Waals surface area (Å²) in [6, 6.07) is 8.75. The molecule has 0 aromatic heterocycles. The molecule has 3 heteroatoms. The van der Waals surface area contributed by atoms with Crippen molar-refractivity contribution in [1.29, 1.82) is 0 Å². The Morgan fingerprint density at radius 1 is 1.10 bits per heavy atom. The molecular formula is C17H24N2O. The van der Waals surface area contributed by atoms with Crippen LogP contribution >= 0.6 is 0 Å². The molecule has 20 heavy (non-hydrogen) atoms. The highest BCUT2D eigenvalue weighted by atomic mass is 16.2. The summed E-state index contributed by atoms with van der Waals surface area (Å²) < 4.78 is 0. The molecule has 2 aliphatic rings. The van der Waals surface area contributed by atoms with Gasteiger partial charge in [-0.1, -0.05) is 13.3 Å². The first-order valence-corrected chi connectivity index (χ1v) is 7.92. The zero-order valence-electron chi connectivity index (χ0n) is 12.2. The van der Waals surface area contributed by atoms with Crippen molar-refractivity contribution in [3.63, 3.8) is 0 Å². The fourth-order valence-electron chi connectivity index (χ4n) is 3.05. The van der Waals surface area contributed by atoms with E-state index in [1.165, 1.54) is 25.7 Å². The fourth-order valence-corrected chi connectivity index (χ4v) is 3.05. The summed E-state index contributed by atoms with van der Waals surface area (Å²) in [5.41, 5.74) is 2.07. The van der Waals surface area contributed by atoms with Gasteiger partial charge in [-0.25, -0.2) is 0 Å². The van der Waals surface area contributed by atoms with E-state index in [4.69, 9.17) is 0 Å². The zero-order valence-corrected chi connectivity index (χ0v) is 12.2. The Balaban J connectivity index is 1.52. The second kappa shape index (κ2) is 5.86. The van der Waals surface area contributed by atoms with Crippen LogP contribution in [0.2, 0.25) is 0 Å². The van der Waals surface area contributed by atoms with Crippen LogP contribution in [0.1, 0.15) is 45.4 Å². The van der Waals surface area contributed by atoms with Crippen molar-refractivity contribution >= 4 is 17.3 Å². The summed E-state index contributed by atoms with van der Waals surface area (Å²) in [6.45, 7) is 2.28. The van der Waals surface area contributed by atoms with E-state index >= 15 is 0 Å². The molecule has 2 aliphatic carbocycles. The molecule has 108 valence electrons. The van der Waals surface area contributed by atoms with Gasteiger partial charge < -0.3 is 10.6 Å². The molecule has 0 saturated heterocycles. The van der Waals surface area contributed by atoms with Crippen molar-refractivity contribution in [2.24, 2.45) is 11.8 Å². The summed E-state index contributed by atoms with van der Waals surface area (Å²) in [5.74, 6) is 1.33. The van der Waals surface area contributed by atoms with Gasteiger partial charge in [-0.3, -0.25) is 4.79 Å². The van der Waals surface area contributed by atoms with E-state index in [1.54, 1.807) is 0 Å². The maximum Gasteiger partial charge on any atom is 0.227 e. The molecule has 2 unspecified atom stereocenters. The van der Waals surface area contributed by atoms with Crippen LogP contribution in [-0.2, 0) is 4.79 Å². The van der Waals surface area contributed by atoms with E-state index in [-0.39, 0.29) is 11.8 Å². The molecule has 3 rings (SSSR count). The van der Waals surface area contributed by atoms with Crippen LogP contribution in [-0.4, -0.2) is 11.9 Å². The van der Waals surface area contributed by atoms with E-state index in [0.29, 0.717) is 6.04 Å². The smallest absolute Gasteiger partial charge is 0.227 e. The maximum atomic E-state index is 11.7. The molecular weight excluding hydrogens is 248 g/mol. The molecule has 2 fully saturated rings. The van der Waals surface area contributed by atoms with Gasteiger partial charge in [0.1, 0.15) is 0 Å². The Hall–Kier alpha value is -1.51. The van der Waals surface area contributed by atoms with Crippen molar-refractivity contribution in [3.05, 3.63) is 24.3 Å². The number of anilines is 2. The fraction of sp³-hybridized carbons (Fsp3) is 0.588. The summed E-state index contributed by atoms with van der Waals surface area (Å²) in [7, 11) is 0. The van der Waals surface area contributed by atoms with Crippen molar-refractivity contribution in [2.45, 2.75) is 51.5 Å². The number of hydrogen-bond donors (Lipinski definition) is 2. The molecule has 1 aromatic carbocycles. The SMILES string of the molecule is CCC1CCC(Nc2ccc(NC(=O)C3CC3)cc2)C1. The van der Waals surface area contributed by atoms with E-state index in [1.807, 2.05) is 12.1 Å². The van der Waals surface area contributed by atoms with Gasteiger partial charge in [-0.15, -0.1) is 0 Å². The Morgan fingerprint density at radius 3 is 2.40 bits per heavy atom. The number of hydrogen-bond acceptors (Lipinski definition) is 2. The molecule has 0 heterocycles. The lowest BCUT2D eigenvalue weighted by atomic mass is 10.1. The molecule has 2 N–H and O–H groups in total. The van der Waals surface area contributed by atoms with Gasteiger partial charge in [0.25, 0.3) is 0 Å². The van der Waals surface area contributed by atoms with Crippen LogP contribution in [0.5, 0.6) is 0 Å². The Bertz CT molecular complexity index is 464. The summed E-state index contributed by atoms with van der Waals surface area (Å²) in [5, 5.41) is 6.58. The van der Waals surface area contributed by atoms with Gasteiger partial charge >= 0.3 is 0 Å². The predicted molar refractivity (Wildman–Crippen MR) is 82.8 cm³/mol. The number of rotatable bonds is 5. The van der Waals surface area contributed by atoms with E-state index in [2.05, 4.69) is 29.7 Å². The van der Waals surface area contributed by atoms with E-state index < -0.39 is 0 Å². The quantitative estimate of drug-likeness (QED) is 0.849. The van der Waals surface area contributed by atoms with E-state index in [0.717, 1.165) is 30.1 Å². The van der Waals surface area contributed by atoms with Gasteiger partial charge in [-0.05, 0) is 62.3 Å². The second-order valence-corrected chi connectivity index (χ2v) is 6.27. The van der Waals surface area contributed by atoms with Crippen LogP contribution < -0.4 is 10.6 Å². The van der Waals surface area contributed by atoms with Gasteiger partial charge in [0.05, 0.1) is 0 Å². The molecule has 1 amide bonds. The lowest BCUT2D eigenvalue weighted by Gasteiger charge is -2.15. The zero-order chi connectivity index (χ0) is 13.9. The first kappa shape index (κ1) is 13.5. The molecule has 2 atom stereocenters. The summed E-state index contributed by atoms with van der Waals surface area (Å²) >= 11 is 0. The third kappa shape index (κ3) is 3.33. The van der Waals surface area contributed by atoms with Crippen molar-refractivity contribution in [3.8, 4) is 0 Å². The highest BCUT2D eigenvalue weighted by Gasteiger charge is 2.29. The van der Waals surface area contributed by atoms with Crippen LogP contribution in [0.4, 0.5) is 11.4 Å². The van der Waals surface area contributed by atoms with E-state index in [9.17, 15) is 4.79 Å². The summed E-state index contributed by atoms with van der Waals surface area (Å²) in [4.78, 5) is 11.7. The normalized spacial score (nSPS) is 25.4. The van der Waals surface area contributed by atoms with Gasteiger partial charge in [-0.2, -0.15) is 0 Å². The number of carbonyl (C=O) groups is 1. The molecule has 0 aliphatic heterocycles. The molecule has 2 saturated carbocycles. The van der Waals surface area contributed by atoms with Crippen LogP contribution in [0.25, 0.3) is 0 Å². The Kier molecular flexibility index (Phi) is 3.95. The largest absolute Gasteiger partial charge is 0.382 e. The van der Waals surface area contributed by atoms with Crippen LogP contribution in [0, 0.1) is 11.8 Å². The topological polar surface area (TPSA) is 41.1 Å². The van der Waals surface area contributed by atoms with Gasteiger partial charge in [0, 0.05) is 23.3 Å². The lowest BCUT2D eigenvalue weighted by Crippen LogP contribution is -2.16. The number of benzene rings is 1. The van der Waals surface area contributed by atoms with Gasteiger partial charge in [0.2, 0.25) is 5.91 Å². The van der Waals surface area contributed by atoms with Crippen molar-refractivity contribution < 1.29 is 4.79 Å². The lowest BCUT2D eigenvalue weighted by molar-refractivity contribution is -0.117. The number of nitrogens with one attached hydrogen (secondary N) is 2.